The summed E-state index contributed by atoms with van der Waals surface area (Å²) in [6.07, 6.45) is 1.31. The highest BCUT2D eigenvalue weighted by atomic mass is 16.5. The molecule has 0 radical (unpaired) electrons. The average Bonchev–Trinajstić information content (AvgIpc) is 2.97. The number of hydrogen-bond acceptors (Lipinski definition) is 5. The third kappa shape index (κ3) is 2.67. The standard InChI is InChI=1S/C17H14N2O5/c1-10-7-8-11(24-10)9-12-15(20)18-17(22)19(16(12)21)13-5-3-4-6-14(13)23-2/h3-9H,1-2H3,(H,18,20,22). The van der Waals surface area contributed by atoms with Gasteiger partial charge in [-0.1, -0.05) is 12.1 Å². The fraction of sp³-hybridized carbons (Fsp3) is 0.118. The predicted molar refractivity (Wildman–Crippen MR) is 85.4 cm³/mol. The lowest BCUT2D eigenvalue weighted by atomic mass is 10.1. The fourth-order valence-corrected chi connectivity index (χ4v) is 2.36. The Bertz CT molecular complexity index is 865. The van der Waals surface area contributed by atoms with E-state index in [1.54, 1.807) is 43.3 Å². The normalized spacial score (nSPS) is 16.5. The molecule has 7 nitrogen and oxygen atoms in total. The second-order valence-electron chi connectivity index (χ2n) is 5.08. The number of hydrogen-bond donors (Lipinski definition) is 1. The molecule has 0 atom stereocenters. The number of nitrogens with zero attached hydrogens (tertiary/aromatic N) is 1. The van der Waals surface area contributed by atoms with Crippen LogP contribution in [0.1, 0.15) is 11.5 Å². The van der Waals surface area contributed by atoms with E-state index >= 15 is 0 Å². The Morgan fingerprint density at radius 2 is 1.88 bits per heavy atom. The molecule has 0 aliphatic carbocycles. The Kier molecular flexibility index (Phi) is 3.91. The summed E-state index contributed by atoms with van der Waals surface area (Å²) in [6.45, 7) is 1.75. The lowest BCUT2D eigenvalue weighted by Crippen LogP contribution is -2.54. The zero-order valence-electron chi connectivity index (χ0n) is 13.0. The summed E-state index contributed by atoms with van der Waals surface area (Å²) in [5.41, 5.74) is 0.0476. The number of barbiturate groups is 1. The summed E-state index contributed by atoms with van der Waals surface area (Å²) in [7, 11) is 1.43. The number of anilines is 1. The Morgan fingerprint density at radius 1 is 1.12 bits per heavy atom. The zero-order chi connectivity index (χ0) is 17.3. The molecular weight excluding hydrogens is 312 g/mol. The van der Waals surface area contributed by atoms with Crippen LogP contribution in [0.25, 0.3) is 6.08 Å². The highest BCUT2D eigenvalue weighted by Gasteiger charge is 2.38. The highest BCUT2D eigenvalue weighted by molar-refractivity contribution is 6.39. The molecular formula is C17H14N2O5. The van der Waals surface area contributed by atoms with Crippen LogP contribution in [-0.2, 0) is 9.59 Å². The van der Waals surface area contributed by atoms with Gasteiger partial charge in [0.25, 0.3) is 11.8 Å². The second kappa shape index (κ2) is 6.04. The molecule has 1 fully saturated rings. The summed E-state index contributed by atoms with van der Waals surface area (Å²) in [4.78, 5) is 37.8. The summed E-state index contributed by atoms with van der Waals surface area (Å²) in [5, 5.41) is 2.15. The van der Waals surface area contributed by atoms with Gasteiger partial charge in [-0.15, -0.1) is 0 Å². The van der Waals surface area contributed by atoms with Crippen LogP contribution in [0.4, 0.5) is 10.5 Å². The first kappa shape index (κ1) is 15.5. The number of aryl methyl sites for hydroxylation is 1. The van der Waals surface area contributed by atoms with Gasteiger partial charge in [-0.3, -0.25) is 14.9 Å². The van der Waals surface area contributed by atoms with E-state index in [2.05, 4.69) is 5.32 Å². The molecule has 1 aliphatic heterocycles. The Morgan fingerprint density at radius 3 is 2.54 bits per heavy atom. The smallest absolute Gasteiger partial charge is 0.336 e. The minimum absolute atomic E-state index is 0.199. The molecule has 4 amide bonds. The number of carbonyl (C=O) groups is 3. The summed E-state index contributed by atoms with van der Waals surface area (Å²) < 4.78 is 10.5. The van der Waals surface area contributed by atoms with E-state index in [4.69, 9.17) is 9.15 Å². The van der Waals surface area contributed by atoms with Gasteiger partial charge in [0, 0.05) is 0 Å². The van der Waals surface area contributed by atoms with Crippen LogP contribution >= 0.6 is 0 Å². The first-order valence-corrected chi connectivity index (χ1v) is 7.12. The van der Waals surface area contributed by atoms with E-state index in [1.807, 2.05) is 0 Å². The molecule has 1 aromatic carbocycles. The first-order valence-electron chi connectivity index (χ1n) is 7.12. The van der Waals surface area contributed by atoms with Gasteiger partial charge in [0.15, 0.2) is 0 Å². The number of methoxy groups -OCH3 is 1. The van der Waals surface area contributed by atoms with Gasteiger partial charge >= 0.3 is 6.03 Å². The lowest BCUT2D eigenvalue weighted by Gasteiger charge is -2.27. The van der Waals surface area contributed by atoms with Crippen molar-refractivity contribution in [3.63, 3.8) is 0 Å². The monoisotopic (exact) mass is 326 g/mol. The van der Waals surface area contributed by atoms with Crippen LogP contribution < -0.4 is 15.0 Å². The average molecular weight is 326 g/mol. The van der Waals surface area contributed by atoms with Crippen molar-refractivity contribution in [3.8, 4) is 5.75 Å². The molecule has 0 saturated carbocycles. The Balaban J connectivity index is 2.05. The van der Waals surface area contributed by atoms with Crippen molar-refractivity contribution in [2.45, 2.75) is 6.92 Å². The minimum Gasteiger partial charge on any atom is -0.495 e. The first-order chi connectivity index (χ1) is 11.5. The molecule has 122 valence electrons. The van der Waals surface area contributed by atoms with Crippen LogP contribution in [0.2, 0.25) is 0 Å². The van der Waals surface area contributed by atoms with Crippen molar-refractivity contribution in [3.05, 3.63) is 53.5 Å². The second-order valence-corrected chi connectivity index (χ2v) is 5.08. The Hall–Kier alpha value is -3.35. The van der Waals surface area contributed by atoms with E-state index in [-0.39, 0.29) is 11.3 Å². The molecule has 24 heavy (non-hydrogen) atoms. The van der Waals surface area contributed by atoms with Gasteiger partial charge < -0.3 is 9.15 Å². The van der Waals surface area contributed by atoms with Gasteiger partial charge in [-0.25, -0.2) is 9.69 Å². The third-order valence-corrected chi connectivity index (χ3v) is 3.48. The maximum absolute atomic E-state index is 12.7. The van der Waals surface area contributed by atoms with E-state index in [9.17, 15) is 14.4 Å². The third-order valence-electron chi connectivity index (χ3n) is 3.48. The Labute approximate surface area is 137 Å². The topological polar surface area (TPSA) is 88.8 Å². The van der Waals surface area contributed by atoms with Gasteiger partial charge in [-0.2, -0.15) is 0 Å². The van der Waals surface area contributed by atoms with Gasteiger partial charge in [0.05, 0.1) is 12.8 Å². The number of benzene rings is 1. The quantitative estimate of drug-likeness (QED) is 0.690. The number of imide groups is 2. The maximum Gasteiger partial charge on any atom is 0.336 e. The van der Waals surface area contributed by atoms with Crippen LogP contribution in [0.15, 0.2) is 46.4 Å². The molecule has 2 heterocycles. The van der Waals surface area contributed by atoms with E-state index in [0.717, 1.165) is 4.90 Å². The van der Waals surface area contributed by atoms with Crippen molar-refractivity contribution < 1.29 is 23.5 Å². The van der Waals surface area contributed by atoms with Crippen molar-refractivity contribution in [1.29, 1.82) is 0 Å². The molecule has 0 bridgehead atoms. The molecule has 0 unspecified atom stereocenters. The van der Waals surface area contributed by atoms with Crippen molar-refractivity contribution in [2.24, 2.45) is 0 Å². The number of nitrogens with one attached hydrogen (secondary N) is 1. The van der Waals surface area contributed by atoms with E-state index in [0.29, 0.717) is 17.3 Å². The SMILES string of the molecule is COc1ccccc1N1C(=O)NC(=O)C(=Cc2ccc(C)o2)C1=O. The molecule has 0 spiro atoms. The summed E-state index contributed by atoms with van der Waals surface area (Å²) >= 11 is 0. The molecule has 3 rings (SSSR count). The van der Waals surface area contributed by atoms with E-state index < -0.39 is 17.8 Å². The molecule has 1 aliphatic rings. The zero-order valence-corrected chi connectivity index (χ0v) is 13.0. The molecule has 1 saturated heterocycles. The van der Waals surface area contributed by atoms with E-state index in [1.165, 1.54) is 13.2 Å². The minimum atomic E-state index is -0.831. The highest BCUT2D eigenvalue weighted by Crippen LogP contribution is 2.30. The molecule has 7 heteroatoms. The molecule has 2 aromatic rings. The number of para-hydroxylation sites is 2. The number of ether oxygens (including phenoxy) is 1. The molecule has 1 N–H and O–H groups in total. The maximum atomic E-state index is 12.7. The van der Waals surface area contributed by atoms with Crippen molar-refractivity contribution in [1.82, 2.24) is 5.32 Å². The van der Waals surface area contributed by atoms with Gasteiger partial charge in [0.2, 0.25) is 0 Å². The number of amides is 4. The van der Waals surface area contributed by atoms with Crippen LogP contribution in [0.5, 0.6) is 5.75 Å². The summed E-state index contributed by atoms with van der Waals surface area (Å²) in [6, 6.07) is 9.05. The van der Waals surface area contributed by atoms with Crippen LogP contribution in [0.3, 0.4) is 0 Å². The van der Waals surface area contributed by atoms with Crippen LogP contribution in [0, 0.1) is 6.92 Å². The van der Waals surface area contributed by atoms with Crippen molar-refractivity contribution in [2.75, 3.05) is 12.0 Å². The molecule has 1 aromatic heterocycles. The largest absolute Gasteiger partial charge is 0.495 e. The number of furan rings is 1. The number of carbonyl (C=O) groups excluding carboxylic acids is 3. The van der Waals surface area contributed by atoms with Crippen molar-refractivity contribution >= 4 is 29.6 Å². The van der Waals surface area contributed by atoms with Gasteiger partial charge in [0.1, 0.15) is 22.8 Å². The summed E-state index contributed by atoms with van der Waals surface area (Å²) in [5.74, 6) is -0.195. The fourth-order valence-electron chi connectivity index (χ4n) is 2.36. The predicted octanol–water partition coefficient (Wildman–Crippen LogP) is 2.26. The number of urea groups is 1. The number of rotatable bonds is 3. The lowest BCUT2D eigenvalue weighted by molar-refractivity contribution is -0.122. The van der Waals surface area contributed by atoms with Crippen LogP contribution in [-0.4, -0.2) is 25.0 Å². The van der Waals surface area contributed by atoms with Gasteiger partial charge in [-0.05, 0) is 37.3 Å².